The summed E-state index contributed by atoms with van der Waals surface area (Å²) in [5.41, 5.74) is 5.96. The van der Waals surface area contributed by atoms with E-state index in [4.69, 9.17) is 10.5 Å². The van der Waals surface area contributed by atoms with Crippen LogP contribution in [0.4, 0.5) is 4.79 Å². The normalized spacial score (nSPS) is 19.4. The lowest BCUT2D eigenvalue weighted by Crippen LogP contribution is -2.32. The van der Waals surface area contributed by atoms with Gasteiger partial charge in [0.1, 0.15) is 0 Å². The molecule has 0 aliphatic carbocycles. The molecule has 1 atom stereocenters. The lowest BCUT2D eigenvalue weighted by molar-refractivity contribution is 0.0866. The highest BCUT2D eigenvalue weighted by Gasteiger charge is 2.27. The predicted octanol–water partition coefficient (Wildman–Crippen LogP) is 1.04. The first kappa shape index (κ1) is 8.55. The number of carbonyl (C=O) groups is 1. The van der Waals surface area contributed by atoms with E-state index in [1.165, 1.54) is 6.40 Å². The van der Waals surface area contributed by atoms with Gasteiger partial charge >= 0.3 is 6.03 Å². The molecule has 0 saturated heterocycles. The maximum Gasteiger partial charge on any atom is 0.338 e. The van der Waals surface area contributed by atoms with Crippen LogP contribution in [0.15, 0.2) is 35.4 Å². The molecule has 1 aromatic carbocycles. The van der Waals surface area contributed by atoms with Gasteiger partial charge in [-0.05, 0) is 0 Å². The first-order valence-corrected chi connectivity index (χ1v) is 4.10. The lowest BCUT2D eigenvalue weighted by atomic mass is 10.2. The fourth-order valence-corrected chi connectivity index (χ4v) is 1.26. The number of hydrogen-bond donors (Lipinski definition) is 1. The minimum atomic E-state index is -0.632. The summed E-state index contributed by atoms with van der Waals surface area (Å²) in [6.45, 7) is 0. The van der Waals surface area contributed by atoms with E-state index in [1.807, 2.05) is 30.3 Å². The van der Waals surface area contributed by atoms with Crippen LogP contribution < -0.4 is 5.73 Å². The van der Waals surface area contributed by atoms with Gasteiger partial charge in [-0.3, -0.25) is 0 Å². The van der Waals surface area contributed by atoms with Crippen molar-refractivity contribution >= 4 is 12.4 Å². The summed E-state index contributed by atoms with van der Waals surface area (Å²) in [5.74, 6) is 0. The van der Waals surface area contributed by atoms with Crippen molar-refractivity contribution in [2.45, 2.75) is 6.23 Å². The van der Waals surface area contributed by atoms with Crippen LogP contribution in [-0.4, -0.2) is 17.4 Å². The third-order valence-corrected chi connectivity index (χ3v) is 1.89. The molecule has 1 unspecified atom stereocenters. The molecule has 0 radical (unpaired) electrons. The average molecular weight is 191 g/mol. The van der Waals surface area contributed by atoms with Crippen LogP contribution in [0.5, 0.6) is 0 Å². The van der Waals surface area contributed by atoms with E-state index in [0.29, 0.717) is 0 Å². The maximum atomic E-state index is 10.9. The molecule has 0 aromatic heterocycles. The van der Waals surface area contributed by atoms with Gasteiger partial charge in [-0.2, -0.15) is 5.01 Å². The molecular formula is C9H9N3O2. The summed E-state index contributed by atoms with van der Waals surface area (Å²) in [6.07, 6.45) is 0.677. The fourth-order valence-electron chi connectivity index (χ4n) is 1.26. The van der Waals surface area contributed by atoms with E-state index in [1.54, 1.807) is 0 Å². The first-order chi connectivity index (χ1) is 6.79. The summed E-state index contributed by atoms with van der Waals surface area (Å²) >= 11 is 0. The second kappa shape index (κ2) is 3.37. The fraction of sp³-hybridized carbons (Fsp3) is 0.111. The van der Waals surface area contributed by atoms with Gasteiger partial charge in [-0.1, -0.05) is 30.3 Å². The highest BCUT2D eigenvalue weighted by molar-refractivity contribution is 5.74. The Hall–Kier alpha value is -2.04. The molecule has 14 heavy (non-hydrogen) atoms. The van der Waals surface area contributed by atoms with Crippen LogP contribution in [0.25, 0.3) is 0 Å². The van der Waals surface area contributed by atoms with Crippen LogP contribution in [0.2, 0.25) is 0 Å². The van der Waals surface area contributed by atoms with Crippen LogP contribution in [-0.2, 0) is 4.74 Å². The second-order valence-corrected chi connectivity index (χ2v) is 2.80. The van der Waals surface area contributed by atoms with Crippen molar-refractivity contribution in [2.75, 3.05) is 0 Å². The average Bonchev–Trinajstić information content (AvgIpc) is 2.67. The number of nitrogens with zero attached hydrogens (tertiary/aromatic N) is 2. The van der Waals surface area contributed by atoms with Gasteiger partial charge in [0.2, 0.25) is 6.23 Å². The molecule has 5 nitrogen and oxygen atoms in total. The molecule has 1 aromatic rings. The number of rotatable bonds is 1. The molecule has 0 spiro atoms. The molecule has 0 fully saturated rings. The van der Waals surface area contributed by atoms with Crippen molar-refractivity contribution in [1.29, 1.82) is 0 Å². The first-order valence-electron chi connectivity index (χ1n) is 4.10. The van der Waals surface area contributed by atoms with Crippen molar-refractivity contribution in [3.05, 3.63) is 35.9 Å². The number of ether oxygens (including phenoxy) is 1. The smallest absolute Gasteiger partial charge is 0.338 e. The number of primary amides is 1. The van der Waals surface area contributed by atoms with Crippen LogP contribution >= 0.6 is 0 Å². The standard InChI is InChI=1S/C9H9N3O2/c10-9(13)12-8(14-6-11-12)7-4-2-1-3-5-7/h1-6,8H,(H2,10,13). The molecule has 2 rings (SSSR count). The van der Waals surface area contributed by atoms with E-state index < -0.39 is 12.3 Å². The summed E-state index contributed by atoms with van der Waals surface area (Å²) in [6, 6.07) is 8.65. The van der Waals surface area contributed by atoms with Gasteiger partial charge in [-0.25, -0.2) is 4.79 Å². The predicted molar refractivity (Wildman–Crippen MR) is 50.2 cm³/mol. The summed E-state index contributed by atoms with van der Waals surface area (Å²) in [5, 5.41) is 4.80. The number of urea groups is 1. The van der Waals surface area contributed by atoms with E-state index in [9.17, 15) is 4.79 Å². The molecule has 0 bridgehead atoms. The Kier molecular flexibility index (Phi) is 2.06. The molecule has 72 valence electrons. The number of carbonyl (C=O) groups excluding carboxylic acids is 1. The number of nitrogens with two attached hydrogens (primary N) is 1. The summed E-state index contributed by atoms with van der Waals surface area (Å²) < 4.78 is 5.15. The molecule has 2 amide bonds. The number of amides is 2. The molecule has 1 aliphatic heterocycles. The van der Waals surface area contributed by atoms with Gasteiger partial charge in [0.05, 0.1) is 0 Å². The highest BCUT2D eigenvalue weighted by atomic mass is 16.5. The Morgan fingerprint density at radius 3 is 2.79 bits per heavy atom. The third-order valence-electron chi connectivity index (χ3n) is 1.89. The second-order valence-electron chi connectivity index (χ2n) is 2.80. The van der Waals surface area contributed by atoms with Crippen LogP contribution in [0, 0.1) is 0 Å². The third kappa shape index (κ3) is 1.39. The van der Waals surface area contributed by atoms with Crippen molar-refractivity contribution in [3.63, 3.8) is 0 Å². The Morgan fingerprint density at radius 2 is 2.14 bits per heavy atom. The SMILES string of the molecule is NC(=O)N1N=COC1c1ccccc1. The van der Waals surface area contributed by atoms with Crippen molar-refractivity contribution in [3.8, 4) is 0 Å². The maximum absolute atomic E-state index is 10.9. The zero-order valence-corrected chi connectivity index (χ0v) is 7.33. The van der Waals surface area contributed by atoms with Crippen LogP contribution in [0.1, 0.15) is 11.8 Å². The van der Waals surface area contributed by atoms with Gasteiger partial charge in [0.25, 0.3) is 0 Å². The lowest BCUT2D eigenvalue weighted by Gasteiger charge is -2.17. The monoisotopic (exact) mass is 191 g/mol. The Labute approximate surface area is 80.8 Å². The highest BCUT2D eigenvalue weighted by Crippen LogP contribution is 2.24. The van der Waals surface area contributed by atoms with Gasteiger partial charge in [-0.15, -0.1) is 5.10 Å². The van der Waals surface area contributed by atoms with Crippen molar-refractivity contribution in [1.82, 2.24) is 5.01 Å². The van der Waals surface area contributed by atoms with Gasteiger partial charge in [0.15, 0.2) is 6.40 Å². The Bertz CT molecular complexity index is 364. The minimum absolute atomic E-state index is 0.534. The zero-order valence-electron chi connectivity index (χ0n) is 7.33. The number of benzene rings is 1. The minimum Gasteiger partial charge on any atom is -0.452 e. The zero-order chi connectivity index (χ0) is 9.97. The quantitative estimate of drug-likeness (QED) is 0.720. The Morgan fingerprint density at radius 1 is 1.43 bits per heavy atom. The largest absolute Gasteiger partial charge is 0.452 e. The molecule has 0 saturated carbocycles. The van der Waals surface area contributed by atoms with Crippen LogP contribution in [0.3, 0.4) is 0 Å². The van der Waals surface area contributed by atoms with Crippen molar-refractivity contribution in [2.24, 2.45) is 10.8 Å². The summed E-state index contributed by atoms with van der Waals surface area (Å²) in [7, 11) is 0. The summed E-state index contributed by atoms with van der Waals surface area (Å²) in [4.78, 5) is 10.9. The molecular weight excluding hydrogens is 182 g/mol. The van der Waals surface area contributed by atoms with E-state index >= 15 is 0 Å². The molecule has 2 N–H and O–H groups in total. The topological polar surface area (TPSA) is 67.9 Å². The Balaban J connectivity index is 2.24. The van der Waals surface area contributed by atoms with Crippen molar-refractivity contribution < 1.29 is 9.53 Å². The number of hydrazone groups is 1. The molecule has 5 heteroatoms. The van der Waals surface area contributed by atoms with Gasteiger partial charge in [0, 0.05) is 5.56 Å². The molecule has 1 aliphatic rings. The van der Waals surface area contributed by atoms with E-state index in [0.717, 1.165) is 10.6 Å². The van der Waals surface area contributed by atoms with E-state index in [2.05, 4.69) is 5.10 Å². The molecule has 1 heterocycles. The number of hydrogen-bond acceptors (Lipinski definition) is 3. The van der Waals surface area contributed by atoms with E-state index in [-0.39, 0.29) is 0 Å². The van der Waals surface area contributed by atoms with Gasteiger partial charge < -0.3 is 10.5 Å².